The number of rotatable bonds is 5. The van der Waals surface area contributed by atoms with Gasteiger partial charge in [0.1, 0.15) is 5.75 Å². The van der Waals surface area contributed by atoms with E-state index in [0.717, 1.165) is 16.9 Å². The summed E-state index contributed by atoms with van der Waals surface area (Å²) in [6, 6.07) is 5.62. The summed E-state index contributed by atoms with van der Waals surface area (Å²) in [6.45, 7) is 5.98. The van der Waals surface area contributed by atoms with Gasteiger partial charge < -0.3 is 20.1 Å². The molecule has 0 heterocycles. The van der Waals surface area contributed by atoms with Crippen LogP contribution in [0.25, 0.3) is 0 Å². The number of aryl methyl sites for hydroxylation is 1. The van der Waals surface area contributed by atoms with Crippen LogP contribution >= 0.6 is 0 Å². The summed E-state index contributed by atoms with van der Waals surface area (Å²) in [6.07, 6.45) is 0. The van der Waals surface area contributed by atoms with Crippen molar-refractivity contribution in [3.05, 3.63) is 29.3 Å². The second-order valence-corrected chi connectivity index (χ2v) is 5.64. The molecule has 5 heteroatoms. The zero-order valence-electron chi connectivity index (χ0n) is 12.9. The summed E-state index contributed by atoms with van der Waals surface area (Å²) >= 11 is 0. The smallest absolute Gasteiger partial charge is 0.317 e. The van der Waals surface area contributed by atoms with E-state index in [4.69, 9.17) is 4.74 Å². The van der Waals surface area contributed by atoms with E-state index in [1.807, 2.05) is 25.1 Å². The Labute approximate surface area is 120 Å². The lowest BCUT2D eigenvalue weighted by atomic mass is 10.1. The first-order valence-electron chi connectivity index (χ1n) is 6.58. The van der Waals surface area contributed by atoms with E-state index in [0.29, 0.717) is 6.54 Å². The zero-order valence-corrected chi connectivity index (χ0v) is 12.9. The number of methoxy groups -OCH3 is 1. The van der Waals surface area contributed by atoms with Crippen molar-refractivity contribution in [1.82, 2.24) is 10.2 Å². The predicted molar refractivity (Wildman–Crippen MR) is 78.9 cm³/mol. The molecule has 0 aromatic heterocycles. The summed E-state index contributed by atoms with van der Waals surface area (Å²) in [4.78, 5) is 13.4. The van der Waals surface area contributed by atoms with Gasteiger partial charge in [-0.05, 0) is 32.4 Å². The van der Waals surface area contributed by atoms with Crippen molar-refractivity contribution in [3.8, 4) is 5.75 Å². The maximum atomic E-state index is 11.9. The van der Waals surface area contributed by atoms with Crippen molar-refractivity contribution in [2.45, 2.75) is 32.9 Å². The Morgan fingerprint density at radius 3 is 2.65 bits per heavy atom. The third-order valence-corrected chi connectivity index (χ3v) is 2.84. The summed E-state index contributed by atoms with van der Waals surface area (Å²) in [5.74, 6) is 0.760. The van der Waals surface area contributed by atoms with Crippen LogP contribution in [-0.4, -0.2) is 42.3 Å². The molecule has 0 aliphatic carbocycles. The van der Waals surface area contributed by atoms with E-state index in [1.54, 1.807) is 28.0 Å². The number of hydrogen-bond acceptors (Lipinski definition) is 3. The van der Waals surface area contributed by atoms with Gasteiger partial charge in [0, 0.05) is 19.2 Å². The molecule has 112 valence electrons. The number of hydrogen-bond donors (Lipinski definition) is 2. The maximum Gasteiger partial charge on any atom is 0.317 e. The lowest BCUT2D eigenvalue weighted by Gasteiger charge is -2.25. The Morgan fingerprint density at radius 2 is 2.10 bits per heavy atom. The van der Waals surface area contributed by atoms with Crippen LogP contribution in [0.15, 0.2) is 18.2 Å². The maximum absolute atomic E-state index is 11.9. The van der Waals surface area contributed by atoms with Crippen molar-refractivity contribution >= 4 is 6.03 Å². The third-order valence-electron chi connectivity index (χ3n) is 2.84. The van der Waals surface area contributed by atoms with Crippen LogP contribution in [0.1, 0.15) is 25.0 Å². The average Bonchev–Trinajstić information content (AvgIpc) is 2.34. The molecule has 20 heavy (non-hydrogen) atoms. The molecule has 0 spiro atoms. The van der Waals surface area contributed by atoms with Crippen LogP contribution in [0.4, 0.5) is 4.79 Å². The van der Waals surface area contributed by atoms with Gasteiger partial charge in [0.25, 0.3) is 0 Å². The average molecular weight is 280 g/mol. The van der Waals surface area contributed by atoms with Crippen molar-refractivity contribution in [2.24, 2.45) is 0 Å². The molecule has 0 radical (unpaired) electrons. The van der Waals surface area contributed by atoms with Gasteiger partial charge in [-0.25, -0.2) is 4.79 Å². The van der Waals surface area contributed by atoms with E-state index < -0.39 is 5.60 Å². The van der Waals surface area contributed by atoms with E-state index in [2.05, 4.69) is 5.32 Å². The fourth-order valence-corrected chi connectivity index (χ4v) is 1.96. The fraction of sp³-hybridized carbons (Fsp3) is 0.533. The first kappa shape index (κ1) is 16.3. The molecule has 2 N–H and O–H groups in total. The van der Waals surface area contributed by atoms with Crippen molar-refractivity contribution in [3.63, 3.8) is 0 Å². The largest absolute Gasteiger partial charge is 0.496 e. The standard InChI is InChI=1S/C15H24N2O3/c1-11-6-7-12(13(8-11)20-5)9-16-14(18)17(4)10-15(2,3)19/h6-8,19H,9-10H2,1-5H3,(H,16,18). The molecule has 1 aromatic rings. The van der Waals surface area contributed by atoms with Gasteiger partial charge in [-0.1, -0.05) is 12.1 Å². The highest BCUT2D eigenvalue weighted by atomic mass is 16.5. The molecule has 0 unspecified atom stereocenters. The van der Waals surface area contributed by atoms with Crippen LogP contribution in [0.2, 0.25) is 0 Å². The molecule has 0 saturated heterocycles. The van der Waals surface area contributed by atoms with Gasteiger partial charge in [0.05, 0.1) is 19.3 Å². The van der Waals surface area contributed by atoms with Crippen LogP contribution in [-0.2, 0) is 6.54 Å². The summed E-state index contributed by atoms with van der Waals surface area (Å²) < 4.78 is 5.29. The molecule has 0 fully saturated rings. The molecule has 5 nitrogen and oxygen atoms in total. The number of ether oxygens (including phenoxy) is 1. The summed E-state index contributed by atoms with van der Waals surface area (Å²) in [5.41, 5.74) is 1.12. The Kier molecular flexibility index (Phi) is 5.39. The quantitative estimate of drug-likeness (QED) is 0.866. The lowest BCUT2D eigenvalue weighted by molar-refractivity contribution is 0.0531. The molecular formula is C15H24N2O3. The molecular weight excluding hydrogens is 256 g/mol. The molecule has 0 saturated carbocycles. The monoisotopic (exact) mass is 280 g/mol. The minimum absolute atomic E-state index is 0.227. The highest BCUT2D eigenvalue weighted by Crippen LogP contribution is 2.19. The zero-order chi connectivity index (χ0) is 15.3. The van der Waals surface area contributed by atoms with Gasteiger partial charge in [0.2, 0.25) is 0 Å². The number of carbonyl (C=O) groups is 1. The third kappa shape index (κ3) is 5.09. The second kappa shape index (κ2) is 6.61. The summed E-state index contributed by atoms with van der Waals surface area (Å²) in [7, 11) is 3.26. The van der Waals surface area contributed by atoms with E-state index >= 15 is 0 Å². The van der Waals surface area contributed by atoms with Crippen molar-refractivity contribution in [1.29, 1.82) is 0 Å². The molecule has 2 amide bonds. The van der Waals surface area contributed by atoms with Gasteiger partial charge in [-0.3, -0.25) is 0 Å². The highest BCUT2D eigenvalue weighted by molar-refractivity contribution is 5.74. The number of urea groups is 1. The Balaban J connectivity index is 2.61. The normalized spacial score (nSPS) is 11.1. The van der Waals surface area contributed by atoms with Gasteiger partial charge in [0.15, 0.2) is 0 Å². The predicted octanol–water partition coefficient (Wildman–Crippen LogP) is 1.92. The van der Waals surface area contributed by atoms with Gasteiger partial charge in [-0.15, -0.1) is 0 Å². The number of amides is 2. The topological polar surface area (TPSA) is 61.8 Å². The van der Waals surface area contributed by atoms with Crippen LogP contribution < -0.4 is 10.1 Å². The van der Waals surface area contributed by atoms with Crippen LogP contribution in [0.5, 0.6) is 5.75 Å². The van der Waals surface area contributed by atoms with E-state index in [9.17, 15) is 9.90 Å². The van der Waals surface area contributed by atoms with Crippen molar-refractivity contribution in [2.75, 3.05) is 20.7 Å². The highest BCUT2D eigenvalue weighted by Gasteiger charge is 2.19. The van der Waals surface area contributed by atoms with Crippen LogP contribution in [0, 0.1) is 6.92 Å². The summed E-state index contributed by atoms with van der Waals surface area (Å²) in [5, 5.41) is 12.5. The van der Waals surface area contributed by atoms with Gasteiger partial charge >= 0.3 is 6.03 Å². The SMILES string of the molecule is COc1cc(C)ccc1CNC(=O)N(C)CC(C)(C)O. The first-order valence-corrected chi connectivity index (χ1v) is 6.58. The number of carbonyl (C=O) groups excluding carboxylic acids is 1. The number of nitrogens with one attached hydrogen (secondary N) is 1. The Hall–Kier alpha value is -1.75. The molecule has 0 bridgehead atoms. The van der Waals surface area contributed by atoms with Gasteiger partial charge in [-0.2, -0.15) is 0 Å². The number of likely N-dealkylation sites (N-methyl/N-ethyl adjacent to an activating group) is 1. The van der Waals surface area contributed by atoms with E-state index in [1.165, 1.54) is 4.90 Å². The number of aliphatic hydroxyl groups is 1. The van der Waals surface area contributed by atoms with Crippen LogP contribution in [0.3, 0.4) is 0 Å². The molecule has 0 atom stereocenters. The fourth-order valence-electron chi connectivity index (χ4n) is 1.96. The minimum atomic E-state index is -0.909. The molecule has 0 aliphatic rings. The minimum Gasteiger partial charge on any atom is -0.496 e. The van der Waals surface area contributed by atoms with Crippen molar-refractivity contribution < 1.29 is 14.6 Å². The van der Waals surface area contributed by atoms with E-state index in [-0.39, 0.29) is 12.6 Å². The second-order valence-electron chi connectivity index (χ2n) is 5.64. The molecule has 1 aromatic carbocycles. The number of nitrogens with zero attached hydrogens (tertiary/aromatic N) is 1. The Bertz CT molecular complexity index is 467. The lowest BCUT2D eigenvalue weighted by Crippen LogP contribution is -2.44. The number of benzene rings is 1. The Morgan fingerprint density at radius 1 is 1.45 bits per heavy atom. The molecule has 1 rings (SSSR count). The first-order chi connectivity index (χ1) is 9.23. The molecule has 0 aliphatic heterocycles.